The molecule has 1 N–H and O–H groups in total. The lowest BCUT2D eigenvalue weighted by molar-refractivity contribution is 0.277. The van der Waals surface area contributed by atoms with Gasteiger partial charge in [-0.05, 0) is 31.6 Å². The molecule has 0 spiro atoms. The average molecular weight is 301 g/mol. The normalized spacial score (nSPS) is 15.9. The van der Waals surface area contributed by atoms with Crippen molar-refractivity contribution in [3.05, 3.63) is 12.4 Å². The number of hydrogen-bond acceptors (Lipinski definition) is 4. The summed E-state index contributed by atoms with van der Waals surface area (Å²) in [6.07, 6.45) is 6.60. The predicted octanol–water partition coefficient (Wildman–Crippen LogP) is 1.08. The fourth-order valence-corrected chi connectivity index (χ4v) is 3.69. The van der Waals surface area contributed by atoms with Crippen molar-refractivity contribution in [1.82, 2.24) is 14.1 Å². The third-order valence-electron chi connectivity index (χ3n) is 3.42. The first-order chi connectivity index (χ1) is 9.57. The molecule has 0 aliphatic heterocycles. The molecule has 114 valence electrons. The van der Waals surface area contributed by atoms with Crippen molar-refractivity contribution < 1.29 is 13.5 Å². The van der Waals surface area contributed by atoms with Crippen molar-refractivity contribution in [2.75, 3.05) is 19.7 Å². The Labute approximate surface area is 120 Å². The summed E-state index contributed by atoms with van der Waals surface area (Å²) in [5, 5.41) is 12.8. The van der Waals surface area contributed by atoms with E-state index in [0.29, 0.717) is 32.0 Å². The number of sulfonamides is 1. The van der Waals surface area contributed by atoms with Crippen molar-refractivity contribution in [3.8, 4) is 0 Å². The van der Waals surface area contributed by atoms with Crippen LogP contribution in [0.25, 0.3) is 0 Å². The molecular formula is C13H23N3O3S. The molecule has 0 aromatic carbocycles. The number of hydrogen-bond donors (Lipinski definition) is 1. The number of aromatic nitrogens is 2. The van der Waals surface area contributed by atoms with Gasteiger partial charge in [0.2, 0.25) is 10.0 Å². The second kappa shape index (κ2) is 6.69. The van der Waals surface area contributed by atoms with Crippen LogP contribution in [0.15, 0.2) is 17.3 Å². The summed E-state index contributed by atoms with van der Waals surface area (Å²) >= 11 is 0. The van der Waals surface area contributed by atoms with Crippen LogP contribution in [-0.2, 0) is 16.6 Å². The first-order valence-electron chi connectivity index (χ1n) is 7.21. The Morgan fingerprint density at radius 1 is 1.50 bits per heavy atom. The average Bonchev–Trinajstić information content (AvgIpc) is 3.10. The molecule has 1 heterocycles. The Morgan fingerprint density at radius 2 is 2.25 bits per heavy atom. The van der Waals surface area contributed by atoms with E-state index in [-0.39, 0.29) is 11.5 Å². The van der Waals surface area contributed by atoms with Crippen LogP contribution in [0.4, 0.5) is 0 Å². The van der Waals surface area contributed by atoms with Gasteiger partial charge < -0.3 is 5.11 Å². The van der Waals surface area contributed by atoms with Gasteiger partial charge in [-0.3, -0.25) is 4.68 Å². The number of nitrogens with zero attached hydrogens (tertiary/aromatic N) is 3. The molecule has 0 saturated heterocycles. The third-order valence-corrected chi connectivity index (χ3v) is 5.24. The maximum absolute atomic E-state index is 12.6. The van der Waals surface area contributed by atoms with Crippen LogP contribution < -0.4 is 0 Å². The van der Waals surface area contributed by atoms with Crippen LogP contribution in [0, 0.1) is 5.92 Å². The van der Waals surface area contributed by atoms with Gasteiger partial charge in [0.1, 0.15) is 4.90 Å². The molecule has 2 rings (SSSR count). The van der Waals surface area contributed by atoms with E-state index in [1.807, 2.05) is 6.92 Å². The minimum atomic E-state index is -3.43. The Balaban J connectivity index is 2.11. The number of aliphatic hydroxyl groups is 1. The lowest BCUT2D eigenvalue weighted by Gasteiger charge is -2.20. The molecule has 20 heavy (non-hydrogen) atoms. The van der Waals surface area contributed by atoms with E-state index in [9.17, 15) is 8.42 Å². The Hall–Kier alpha value is -0.920. The molecule has 6 nitrogen and oxygen atoms in total. The first kappa shape index (κ1) is 15.5. The highest BCUT2D eigenvalue weighted by Gasteiger charge is 2.31. The minimum absolute atomic E-state index is 0.0750. The van der Waals surface area contributed by atoms with E-state index < -0.39 is 10.0 Å². The number of aryl methyl sites for hydroxylation is 1. The van der Waals surface area contributed by atoms with Crippen LogP contribution in [0.3, 0.4) is 0 Å². The van der Waals surface area contributed by atoms with Gasteiger partial charge in [-0.2, -0.15) is 9.40 Å². The molecule has 0 bridgehead atoms. The Kier molecular flexibility index (Phi) is 5.17. The fourth-order valence-electron chi connectivity index (χ4n) is 2.13. The molecule has 1 fully saturated rings. The number of rotatable bonds is 9. The topological polar surface area (TPSA) is 75.4 Å². The molecule has 1 aromatic rings. The van der Waals surface area contributed by atoms with Gasteiger partial charge in [0.25, 0.3) is 0 Å². The highest BCUT2D eigenvalue weighted by Crippen LogP contribution is 2.31. The molecule has 1 saturated carbocycles. The molecular weight excluding hydrogens is 278 g/mol. The summed E-state index contributed by atoms with van der Waals surface area (Å²) in [6, 6.07) is 0. The Bertz CT molecular complexity index is 523. The fraction of sp³-hybridized carbons (Fsp3) is 0.769. The van der Waals surface area contributed by atoms with E-state index in [1.54, 1.807) is 15.2 Å². The lowest BCUT2D eigenvalue weighted by Crippen LogP contribution is -2.33. The van der Waals surface area contributed by atoms with Gasteiger partial charge in [-0.1, -0.05) is 6.92 Å². The quantitative estimate of drug-likeness (QED) is 0.740. The van der Waals surface area contributed by atoms with Crippen molar-refractivity contribution in [2.24, 2.45) is 5.92 Å². The monoisotopic (exact) mass is 301 g/mol. The molecule has 0 unspecified atom stereocenters. The predicted molar refractivity (Wildman–Crippen MR) is 75.7 cm³/mol. The zero-order chi connectivity index (χ0) is 14.6. The van der Waals surface area contributed by atoms with Crippen LogP contribution in [0.1, 0.15) is 32.6 Å². The molecule has 7 heteroatoms. The van der Waals surface area contributed by atoms with Crippen LogP contribution in [0.2, 0.25) is 0 Å². The summed E-state index contributed by atoms with van der Waals surface area (Å²) in [7, 11) is -3.43. The van der Waals surface area contributed by atoms with Crippen molar-refractivity contribution in [1.29, 1.82) is 0 Å². The van der Waals surface area contributed by atoms with Crippen molar-refractivity contribution in [3.63, 3.8) is 0 Å². The maximum Gasteiger partial charge on any atom is 0.246 e. The summed E-state index contributed by atoms with van der Waals surface area (Å²) in [4.78, 5) is 0.254. The second-order valence-corrected chi connectivity index (χ2v) is 7.26. The minimum Gasteiger partial charge on any atom is -0.396 e. The van der Waals surface area contributed by atoms with E-state index in [0.717, 1.165) is 19.3 Å². The van der Waals surface area contributed by atoms with E-state index >= 15 is 0 Å². The molecule has 1 aromatic heterocycles. The molecule has 0 radical (unpaired) electrons. The summed E-state index contributed by atoms with van der Waals surface area (Å²) in [5.41, 5.74) is 0. The Morgan fingerprint density at radius 3 is 2.85 bits per heavy atom. The van der Waals surface area contributed by atoms with Crippen LogP contribution in [-0.4, -0.2) is 47.3 Å². The van der Waals surface area contributed by atoms with E-state index in [4.69, 9.17) is 5.11 Å². The van der Waals surface area contributed by atoms with Gasteiger partial charge >= 0.3 is 0 Å². The highest BCUT2D eigenvalue weighted by molar-refractivity contribution is 7.89. The molecule has 0 atom stereocenters. The van der Waals surface area contributed by atoms with Crippen LogP contribution in [0.5, 0.6) is 0 Å². The van der Waals surface area contributed by atoms with Gasteiger partial charge in [0, 0.05) is 32.4 Å². The molecule has 1 aliphatic carbocycles. The van der Waals surface area contributed by atoms with Gasteiger partial charge in [0.05, 0.1) is 6.20 Å². The highest BCUT2D eigenvalue weighted by atomic mass is 32.2. The lowest BCUT2D eigenvalue weighted by atomic mass is 10.4. The number of aliphatic hydroxyl groups excluding tert-OH is 1. The zero-order valence-corrected chi connectivity index (χ0v) is 12.7. The molecule has 1 aliphatic rings. The largest absolute Gasteiger partial charge is 0.396 e. The zero-order valence-electron chi connectivity index (χ0n) is 11.9. The summed E-state index contributed by atoms with van der Waals surface area (Å²) in [5.74, 6) is 0.528. The van der Waals surface area contributed by atoms with E-state index in [1.165, 1.54) is 6.20 Å². The standard InChI is InChI=1S/C13H23N3O3S/c1-2-6-16(10-12-4-5-12)20(18,19)13-9-14-15(11-13)7-3-8-17/h9,11-12,17H,2-8,10H2,1H3. The third kappa shape index (κ3) is 3.80. The first-order valence-corrected chi connectivity index (χ1v) is 8.65. The van der Waals surface area contributed by atoms with Crippen molar-refractivity contribution >= 4 is 10.0 Å². The summed E-state index contributed by atoms with van der Waals surface area (Å²) < 4.78 is 28.3. The summed E-state index contributed by atoms with van der Waals surface area (Å²) in [6.45, 7) is 3.77. The van der Waals surface area contributed by atoms with Gasteiger partial charge in [-0.25, -0.2) is 8.42 Å². The van der Waals surface area contributed by atoms with Crippen molar-refractivity contribution in [2.45, 2.75) is 44.0 Å². The molecule has 0 amide bonds. The van der Waals surface area contributed by atoms with E-state index in [2.05, 4.69) is 5.10 Å². The van der Waals surface area contributed by atoms with Gasteiger partial charge in [-0.15, -0.1) is 0 Å². The SMILES string of the molecule is CCCN(CC1CC1)S(=O)(=O)c1cnn(CCCO)c1. The van der Waals surface area contributed by atoms with Crippen LogP contribution >= 0.6 is 0 Å². The van der Waals surface area contributed by atoms with Gasteiger partial charge in [0.15, 0.2) is 0 Å². The maximum atomic E-state index is 12.6. The second-order valence-electron chi connectivity index (χ2n) is 5.32. The smallest absolute Gasteiger partial charge is 0.246 e.